The Morgan fingerprint density at radius 2 is 1.79 bits per heavy atom. The van der Waals surface area contributed by atoms with Crippen LogP contribution in [0.3, 0.4) is 0 Å². The Hall–Kier alpha value is -3.19. The average molecular weight is 377 g/mol. The summed E-state index contributed by atoms with van der Waals surface area (Å²) in [4.78, 5) is 19.2. The minimum absolute atomic E-state index is 0.142. The molecule has 0 saturated carbocycles. The highest BCUT2D eigenvalue weighted by molar-refractivity contribution is 6.04. The van der Waals surface area contributed by atoms with E-state index < -0.39 is 0 Å². The lowest BCUT2D eigenvalue weighted by Gasteiger charge is -2.29. The van der Waals surface area contributed by atoms with Gasteiger partial charge in [-0.2, -0.15) is 5.10 Å². The first kappa shape index (κ1) is 18.2. The van der Waals surface area contributed by atoms with Crippen LogP contribution >= 0.6 is 0 Å². The number of ether oxygens (including phenoxy) is 1. The van der Waals surface area contributed by atoms with Crippen LogP contribution in [0.25, 0.3) is 5.69 Å². The summed E-state index contributed by atoms with van der Waals surface area (Å²) in [6.07, 6.45) is 0. The number of anilines is 2. The second kappa shape index (κ2) is 7.82. The largest absolute Gasteiger partial charge is 0.378 e. The van der Waals surface area contributed by atoms with Gasteiger partial charge in [0.1, 0.15) is 11.6 Å². The van der Waals surface area contributed by atoms with Crippen molar-refractivity contribution in [1.82, 2.24) is 14.8 Å². The molecule has 2 aromatic carbocycles. The molecule has 1 saturated heterocycles. The molecule has 3 aromatic rings. The SMILES string of the molecule is Cc1nc(C)n(-c2ccc(C(=O)Nc3cccc(N4CCOCC4)c3)cc2)n1. The number of hydrogen-bond acceptors (Lipinski definition) is 5. The molecule has 2 heterocycles. The van der Waals surface area contributed by atoms with Gasteiger partial charge in [0, 0.05) is 30.0 Å². The van der Waals surface area contributed by atoms with Gasteiger partial charge < -0.3 is 15.0 Å². The summed E-state index contributed by atoms with van der Waals surface area (Å²) in [6, 6.07) is 15.3. The highest BCUT2D eigenvalue weighted by atomic mass is 16.5. The fraction of sp³-hybridized carbons (Fsp3) is 0.286. The summed E-state index contributed by atoms with van der Waals surface area (Å²) >= 11 is 0. The summed E-state index contributed by atoms with van der Waals surface area (Å²) in [5.74, 6) is 1.39. The van der Waals surface area contributed by atoms with E-state index in [0.717, 1.165) is 55.0 Å². The number of rotatable bonds is 4. The van der Waals surface area contributed by atoms with Crippen molar-refractivity contribution in [3.05, 3.63) is 65.7 Å². The molecule has 1 aromatic heterocycles. The van der Waals surface area contributed by atoms with Crippen LogP contribution in [0.1, 0.15) is 22.0 Å². The van der Waals surface area contributed by atoms with Crippen LogP contribution in [-0.2, 0) is 4.74 Å². The van der Waals surface area contributed by atoms with E-state index in [1.54, 1.807) is 16.8 Å². The van der Waals surface area contributed by atoms with Gasteiger partial charge in [-0.25, -0.2) is 9.67 Å². The Kier molecular flexibility index (Phi) is 5.08. The van der Waals surface area contributed by atoms with Gasteiger partial charge in [-0.1, -0.05) is 6.07 Å². The second-order valence-corrected chi connectivity index (χ2v) is 6.77. The van der Waals surface area contributed by atoms with Crippen LogP contribution < -0.4 is 10.2 Å². The van der Waals surface area contributed by atoms with E-state index in [1.807, 2.05) is 44.2 Å². The average Bonchev–Trinajstić information content (AvgIpc) is 3.07. The molecule has 0 radical (unpaired) electrons. The van der Waals surface area contributed by atoms with Gasteiger partial charge in [-0.3, -0.25) is 4.79 Å². The molecule has 28 heavy (non-hydrogen) atoms. The molecule has 1 aliphatic rings. The monoisotopic (exact) mass is 377 g/mol. The number of aryl methyl sites for hydroxylation is 2. The molecule has 7 nitrogen and oxygen atoms in total. The predicted molar refractivity (Wildman–Crippen MR) is 108 cm³/mol. The number of benzene rings is 2. The van der Waals surface area contributed by atoms with Crippen LogP contribution in [0, 0.1) is 13.8 Å². The first-order valence-corrected chi connectivity index (χ1v) is 9.35. The summed E-state index contributed by atoms with van der Waals surface area (Å²) < 4.78 is 7.17. The van der Waals surface area contributed by atoms with Crippen LogP contribution in [-0.4, -0.2) is 47.0 Å². The molecular weight excluding hydrogens is 354 g/mol. The van der Waals surface area contributed by atoms with E-state index in [4.69, 9.17) is 4.74 Å². The van der Waals surface area contributed by atoms with Crippen LogP contribution in [0.15, 0.2) is 48.5 Å². The van der Waals surface area contributed by atoms with E-state index in [1.165, 1.54) is 0 Å². The van der Waals surface area contributed by atoms with Gasteiger partial charge in [-0.05, 0) is 56.3 Å². The van der Waals surface area contributed by atoms with Crippen molar-refractivity contribution in [2.75, 3.05) is 36.5 Å². The number of carbonyl (C=O) groups excluding carboxylic acids is 1. The summed E-state index contributed by atoms with van der Waals surface area (Å²) in [5, 5.41) is 7.35. The summed E-state index contributed by atoms with van der Waals surface area (Å²) in [7, 11) is 0. The van der Waals surface area contributed by atoms with Gasteiger partial charge in [0.15, 0.2) is 0 Å². The number of nitrogens with zero attached hydrogens (tertiary/aromatic N) is 4. The maximum Gasteiger partial charge on any atom is 0.255 e. The van der Waals surface area contributed by atoms with Crippen molar-refractivity contribution in [2.24, 2.45) is 0 Å². The predicted octanol–water partition coefficient (Wildman–Crippen LogP) is 2.97. The van der Waals surface area contributed by atoms with Crippen molar-refractivity contribution < 1.29 is 9.53 Å². The normalized spacial score (nSPS) is 14.1. The molecule has 0 spiro atoms. The lowest BCUT2D eigenvalue weighted by atomic mass is 10.2. The van der Waals surface area contributed by atoms with E-state index in [-0.39, 0.29) is 5.91 Å². The molecule has 1 aliphatic heterocycles. The van der Waals surface area contributed by atoms with Gasteiger partial charge in [0.05, 0.1) is 18.9 Å². The smallest absolute Gasteiger partial charge is 0.255 e. The third-order valence-electron chi connectivity index (χ3n) is 4.73. The topological polar surface area (TPSA) is 72.3 Å². The quantitative estimate of drug-likeness (QED) is 0.757. The molecule has 0 bridgehead atoms. The fourth-order valence-electron chi connectivity index (χ4n) is 3.32. The number of amides is 1. The zero-order valence-corrected chi connectivity index (χ0v) is 16.1. The van der Waals surface area contributed by atoms with E-state index in [0.29, 0.717) is 5.56 Å². The first-order valence-electron chi connectivity index (χ1n) is 9.35. The maximum absolute atomic E-state index is 12.6. The third kappa shape index (κ3) is 3.89. The van der Waals surface area contributed by atoms with Gasteiger partial charge >= 0.3 is 0 Å². The number of nitrogens with one attached hydrogen (secondary N) is 1. The minimum atomic E-state index is -0.142. The molecule has 144 valence electrons. The Morgan fingerprint density at radius 1 is 1.04 bits per heavy atom. The van der Waals surface area contributed by atoms with Gasteiger partial charge in [0.2, 0.25) is 0 Å². The van der Waals surface area contributed by atoms with E-state index in [9.17, 15) is 4.79 Å². The number of carbonyl (C=O) groups is 1. The van der Waals surface area contributed by atoms with Crippen LogP contribution in [0.2, 0.25) is 0 Å². The van der Waals surface area contributed by atoms with Crippen molar-refractivity contribution in [2.45, 2.75) is 13.8 Å². The zero-order valence-electron chi connectivity index (χ0n) is 16.1. The highest BCUT2D eigenvalue weighted by Gasteiger charge is 2.13. The molecule has 0 aliphatic carbocycles. The number of morpholine rings is 1. The third-order valence-corrected chi connectivity index (χ3v) is 4.73. The number of aromatic nitrogens is 3. The molecule has 1 N–H and O–H groups in total. The maximum atomic E-state index is 12.6. The second-order valence-electron chi connectivity index (χ2n) is 6.77. The standard InChI is InChI=1S/C21H23N5O2/c1-15-22-16(2)26(24-15)19-8-6-17(7-9-19)21(27)23-18-4-3-5-20(14-18)25-10-12-28-13-11-25/h3-9,14H,10-13H2,1-2H3,(H,23,27). The van der Waals surface area contributed by atoms with Crippen molar-refractivity contribution in [1.29, 1.82) is 0 Å². The Balaban J connectivity index is 1.47. The Labute approximate surface area is 164 Å². The highest BCUT2D eigenvalue weighted by Crippen LogP contribution is 2.21. The molecular formula is C21H23N5O2. The van der Waals surface area contributed by atoms with E-state index in [2.05, 4.69) is 26.4 Å². The molecule has 0 atom stereocenters. The first-order chi connectivity index (χ1) is 13.6. The molecule has 4 rings (SSSR count). The fourth-order valence-corrected chi connectivity index (χ4v) is 3.32. The lowest BCUT2D eigenvalue weighted by Crippen LogP contribution is -2.36. The molecule has 1 fully saturated rings. The number of hydrogen-bond donors (Lipinski definition) is 1. The van der Waals surface area contributed by atoms with Crippen molar-refractivity contribution in [3.8, 4) is 5.69 Å². The lowest BCUT2D eigenvalue weighted by molar-refractivity contribution is 0.102. The molecule has 7 heteroatoms. The zero-order chi connectivity index (χ0) is 19.5. The summed E-state index contributed by atoms with van der Waals surface area (Å²) in [6.45, 7) is 6.94. The Bertz CT molecular complexity index is 975. The minimum Gasteiger partial charge on any atom is -0.378 e. The summed E-state index contributed by atoms with van der Waals surface area (Å²) in [5.41, 5.74) is 3.34. The van der Waals surface area contributed by atoms with Crippen LogP contribution in [0.5, 0.6) is 0 Å². The molecule has 1 amide bonds. The van der Waals surface area contributed by atoms with E-state index >= 15 is 0 Å². The van der Waals surface area contributed by atoms with Gasteiger partial charge in [0.25, 0.3) is 5.91 Å². The van der Waals surface area contributed by atoms with Gasteiger partial charge in [-0.15, -0.1) is 0 Å². The Morgan fingerprint density at radius 3 is 2.46 bits per heavy atom. The molecule has 0 unspecified atom stereocenters. The van der Waals surface area contributed by atoms with Crippen LogP contribution in [0.4, 0.5) is 11.4 Å². The van der Waals surface area contributed by atoms with Crippen molar-refractivity contribution >= 4 is 17.3 Å². The van der Waals surface area contributed by atoms with Crippen molar-refractivity contribution in [3.63, 3.8) is 0 Å².